The van der Waals surface area contributed by atoms with Gasteiger partial charge in [-0.2, -0.15) is 0 Å². The number of nitrogens with one attached hydrogen (secondary N) is 1. The molecule has 2 nitrogen and oxygen atoms in total. The number of fused-ring (bicyclic) bond motifs is 1. The van der Waals surface area contributed by atoms with Crippen molar-refractivity contribution >= 4 is 33.2 Å². The molecule has 0 spiro atoms. The number of hydrogen-bond donors (Lipinski definition) is 1. The van der Waals surface area contributed by atoms with Crippen molar-refractivity contribution in [1.82, 2.24) is 0 Å². The highest BCUT2D eigenvalue weighted by molar-refractivity contribution is 9.10. The van der Waals surface area contributed by atoms with Crippen LogP contribution in [0.5, 0.6) is 5.75 Å². The molecule has 104 valence electrons. The van der Waals surface area contributed by atoms with Crippen LogP contribution in [0.3, 0.4) is 0 Å². The monoisotopic (exact) mass is 355 g/mol. The third-order valence-electron chi connectivity index (χ3n) is 3.22. The molecule has 0 radical (unpaired) electrons. The third-order valence-corrected chi connectivity index (χ3v) is 4.11. The molecule has 1 heterocycles. The normalized spacial score (nSPS) is 16.6. The molecular weight excluding hydrogens is 345 g/mol. The summed E-state index contributed by atoms with van der Waals surface area (Å²) >= 11 is 9.30. The molecule has 0 amide bonds. The van der Waals surface area contributed by atoms with E-state index in [-0.39, 0.29) is 11.9 Å². The average molecular weight is 357 g/mol. The van der Waals surface area contributed by atoms with Crippen LogP contribution < -0.4 is 10.1 Å². The van der Waals surface area contributed by atoms with Gasteiger partial charge < -0.3 is 10.1 Å². The minimum Gasteiger partial charge on any atom is -0.488 e. The van der Waals surface area contributed by atoms with Gasteiger partial charge in [-0.15, -0.1) is 0 Å². The minimum atomic E-state index is -0.262. The summed E-state index contributed by atoms with van der Waals surface area (Å²) in [5.74, 6) is 0.626. The second kappa shape index (κ2) is 5.62. The number of hydrogen-bond acceptors (Lipinski definition) is 2. The Hall–Kier alpha value is -1.26. The standard InChI is InChI=1S/C15H12BrClFNO/c16-13-7-11(18)2-3-14(13)19-8-12-6-9-5-10(17)1-4-15(9)20-12/h1-5,7,12,19H,6,8H2. The molecule has 2 aromatic carbocycles. The van der Waals surface area contributed by atoms with Crippen LogP contribution in [0.4, 0.5) is 10.1 Å². The molecule has 20 heavy (non-hydrogen) atoms. The van der Waals surface area contributed by atoms with E-state index < -0.39 is 0 Å². The highest BCUT2D eigenvalue weighted by atomic mass is 79.9. The van der Waals surface area contributed by atoms with E-state index in [0.717, 1.165) is 28.4 Å². The Morgan fingerprint density at radius 2 is 2.15 bits per heavy atom. The molecule has 1 atom stereocenters. The fraction of sp³-hybridized carbons (Fsp3) is 0.200. The van der Waals surface area contributed by atoms with Crippen LogP contribution >= 0.6 is 27.5 Å². The molecule has 0 bridgehead atoms. The molecule has 0 aliphatic carbocycles. The van der Waals surface area contributed by atoms with Gasteiger partial charge >= 0.3 is 0 Å². The Labute approximate surface area is 130 Å². The first kappa shape index (κ1) is 13.7. The number of rotatable bonds is 3. The molecule has 5 heteroatoms. The highest BCUT2D eigenvalue weighted by Crippen LogP contribution is 2.31. The lowest BCUT2D eigenvalue weighted by molar-refractivity contribution is 0.246. The van der Waals surface area contributed by atoms with Crippen LogP contribution in [0.15, 0.2) is 40.9 Å². The van der Waals surface area contributed by atoms with E-state index in [2.05, 4.69) is 21.2 Å². The first-order valence-corrected chi connectivity index (χ1v) is 7.43. The summed E-state index contributed by atoms with van der Waals surface area (Å²) in [6.45, 7) is 0.649. The fourth-order valence-electron chi connectivity index (χ4n) is 2.26. The summed E-state index contributed by atoms with van der Waals surface area (Å²) < 4.78 is 19.6. The lowest BCUT2D eigenvalue weighted by atomic mass is 10.1. The Morgan fingerprint density at radius 1 is 1.30 bits per heavy atom. The highest BCUT2D eigenvalue weighted by Gasteiger charge is 2.22. The number of benzene rings is 2. The smallest absolute Gasteiger partial charge is 0.124 e. The quantitative estimate of drug-likeness (QED) is 0.864. The van der Waals surface area contributed by atoms with E-state index in [4.69, 9.17) is 16.3 Å². The largest absolute Gasteiger partial charge is 0.488 e. The Morgan fingerprint density at radius 3 is 2.95 bits per heavy atom. The zero-order valence-corrected chi connectivity index (χ0v) is 12.8. The predicted octanol–water partition coefficient (Wildman–Crippen LogP) is 4.66. The van der Waals surface area contributed by atoms with Gasteiger partial charge in [-0.25, -0.2) is 4.39 Å². The van der Waals surface area contributed by atoms with Crippen molar-refractivity contribution in [2.24, 2.45) is 0 Å². The van der Waals surface area contributed by atoms with Gasteiger partial charge in [0, 0.05) is 21.6 Å². The van der Waals surface area contributed by atoms with Crippen molar-refractivity contribution in [2.45, 2.75) is 12.5 Å². The topological polar surface area (TPSA) is 21.3 Å². The van der Waals surface area contributed by atoms with Crippen molar-refractivity contribution < 1.29 is 9.13 Å². The van der Waals surface area contributed by atoms with Gasteiger partial charge in [-0.05, 0) is 57.9 Å². The fourth-order valence-corrected chi connectivity index (χ4v) is 2.95. The van der Waals surface area contributed by atoms with Crippen molar-refractivity contribution in [2.75, 3.05) is 11.9 Å². The number of halogens is 3. The average Bonchev–Trinajstić information content (AvgIpc) is 2.79. The summed E-state index contributed by atoms with van der Waals surface area (Å²) in [5.41, 5.74) is 1.98. The van der Waals surface area contributed by atoms with Crippen LogP contribution in [0, 0.1) is 5.82 Å². The van der Waals surface area contributed by atoms with Gasteiger partial charge in [0.2, 0.25) is 0 Å². The molecule has 0 aromatic heterocycles. The zero-order chi connectivity index (χ0) is 14.1. The maximum Gasteiger partial charge on any atom is 0.124 e. The molecule has 3 rings (SSSR count). The summed E-state index contributed by atoms with van der Waals surface area (Å²) in [5, 5.41) is 3.98. The van der Waals surface area contributed by atoms with Crippen molar-refractivity contribution in [3.05, 3.63) is 57.3 Å². The molecule has 2 aromatic rings. The second-order valence-electron chi connectivity index (χ2n) is 4.70. The van der Waals surface area contributed by atoms with Gasteiger partial charge in [0.15, 0.2) is 0 Å². The SMILES string of the molecule is Fc1ccc(NCC2Cc3cc(Cl)ccc3O2)c(Br)c1. The maximum atomic E-state index is 13.0. The van der Waals surface area contributed by atoms with Gasteiger partial charge in [0.25, 0.3) is 0 Å². The van der Waals surface area contributed by atoms with Crippen LogP contribution in [0.25, 0.3) is 0 Å². The predicted molar refractivity (Wildman–Crippen MR) is 82.2 cm³/mol. The van der Waals surface area contributed by atoms with E-state index in [1.807, 2.05) is 18.2 Å². The van der Waals surface area contributed by atoms with E-state index in [0.29, 0.717) is 11.0 Å². The molecule has 1 N–H and O–H groups in total. The second-order valence-corrected chi connectivity index (χ2v) is 5.99. The van der Waals surface area contributed by atoms with Crippen LogP contribution in [-0.2, 0) is 6.42 Å². The Bertz CT molecular complexity index is 650. The molecule has 1 aliphatic rings. The number of ether oxygens (including phenoxy) is 1. The molecule has 0 fully saturated rings. The molecule has 0 saturated heterocycles. The summed E-state index contributed by atoms with van der Waals surface area (Å²) in [6, 6.07) is 10.2. The molecular formula is C15H12BrClFNO. The van der Waals surface area contributed by atoms with Crippen LogP contribution in [0.2, 0.25) is 5.02 Å². The van der Waals surface area contributed by atoms with Crippen molar-refractivity contribution in [3.63, 3.8) is 0 Å². The summed E-state index contributed by atoms with van der Waals surface area (Å²) in [4.78, 5) is 0. The Balaban J connectivity index is 1.63. The minimum absolute atomic E-state index is 0.0559. The lowest BCUT2D eigenvalue weighted by Gasteiger charge is -2.14. The third kappa shape index (κ3) is 2.91. The molecule has 0 saturated carbocycles. The summed E-state index contributed by atoms with van der Waals surface area (Å²) in [7, 11) is 0. The lowest BCUT2D eigenvalue weighted by Crippen LogP contribution is -2.24. The summed E-state index contributed by atoms with van der Waals surface area (Å²) in [6.07, 6.45) is 0.877. The van der Waals surface area contributed by atoms with Gasteiger partial charge in [-0.3, -0.25) is 0 Å². The van der Waals surface area contributed by atoms with Gasteiger partial charge in [0.1, 0.15) is 17.7 Å². The zero-order valence-electron chi connectivity index (χ0n) is 10.5. The Kier molecular flexibility index (Phi) is 3.85. The first-order valence-electron chi connectivity index (χ1n) is 6.26. The van der Waals surface area contributed by atoms with E-state index >= 15 is 0 Å². The maximum absolute atomic E-state index is 13.0. The van der Waals surface area contributed by atoms with E-state index in [1.54, 1.807) is 6.07 Å². The van der Waals surface area contributed by atoms with Gasteiger partial charge in [-0.1, -0.05) is 11.6 Å². The van der Waals surface area contributed by atoms with E-state index in [9.17, 15) is 4.39 Å². The number of anilines is 1. The molecule has 1 aliphatic heterocycles. The van der Waals surface area contributed by atoms with E-state index in [1.165, 1.54) is 12.1 Å². The van der Waals surface area contributed by atoms with Crippen molar-refractivity contribution in [3.8, 4) is 5.75 Å². The first-order chi connectivity index (χ1) is 9.61. The van der Waals surface area contributed by atoms with Crippen LogP contribution in [0.1, 0.15) is 5.56 Å². The molecule has 1 unspecified atom stereocenters. The van der Waals surface area contributed by atoms with Crippen LogP contribution in [-0.4, -0.2) is 12.6 Å². The van der Waals surface area contributed by atoms with Crippen molar-refractivity contribution in [1.29, 1.82) is 0 Å². The van der Waals surface area contributed by atoms with Gasteiger partial charge in [0.05, 0.1) is 6.54 Å².